The van der Waals surface area contributed by atoms with E-state index in [4.69, 9.17) is 11.2 Å². The fraction of sp³-hybridized carbons (Fsp3) is 0.812. The summed E-state index contributed by atoms with van der Waals surface area (Å²) in [6, 6.07) is 0. The molecule has 0 saturated heterocycles. The normalized spacial score (nSPS) is 28.3. The molecular weight excluding hydrogens is 238 g/mol. The van der Waals surface area contributed by atoms with Gasteiger partial charge in [-0.15, -0.1) is 6.42 Å². The fourth-order valence-corrected chi connectivity index (χ4v) is 3.07. The van der Waals surface area contributed by atoms with E-state index in [0.717, 1.165) is 25.7 Å². The number of carbonyl (C=O) groups excluding carboxylic acids is 1. The molecule has 1 N–H and O–H groups in total. The number of carbonyl (C=O) groups is 1. The molecule has 1 aliphatic rings. The lowest BCUT2D eigenvalue weighted by Crippen LogP contribution is -2.52. The summed E-state index contributed by atoms with van der Waals surface area (Å²) in [6.07, 6.45) is 10.2. The monoisotopic (exact) mass is 265 g/mol. The van der Waals surface area contributed by atoms with Crippen molar-refractivity contribution in [2.75, 3.05) is 13.7 Å². The van der Waals surface area contributed by atoms with Crippen molar-refractivity contribution in [2.45, 2.75) is 58.4 Å². The average Bonchev–Trinajstić information content (AvgIpc) is 2.58. The SMILES string of the molecule is C#CCNC1(C(=O)OC)CCCC(C(C)(C)C)CC1. The van der Waals surface area contributed by atoms with Gasteiger partial charge in [-0.05, 0) is 37.0 Å². The van der Waals surface area contributed by atoms with Crippen LogP contribution in [0.5, 0.6) is 0 Å². The van der Waals surface area contributed by atoms with Crippen LogP contribution < -0.4 is 5.32 Å². The molecule has 1 aliphatic carbocycles. The van der Waals surface area contributed by atoms with Gasteiger partial charge in [-0.2, -0.15) is 0 Å². The van der Waals surface area contributed by atoms with Gasteiger partial charge in [-0.3, -0.25) is 10.1 Å². The van der Waals surface area contributed by atoms with Crippen LogP contribution in [-0.4, -0.2) is 25.2 Å². The highest BCUT2D eigenvalue weighted by atomic mass is 16.5. The molecule has 1 saturated carbocycles. The first kappa shape index (κ1) is 16.0. The molecule has 0 heterocycles. The van der Waals surface area contributed by atoms with Crippen LogP contribution in [0.15, 0.2) is 0 Å². The lowest BCUT2D eigenvalue weighted by atomic mass is 9.76. The Kier molecular flexibility index (Phi) is 5.43. The van der Waals surface area contributed by atoms with Crippen molar-refractivity contribution in [3.8, 4) is 12.3 Å². The standard InChI is InChI=1S/C16H27NO2/c1-6-12-17-16(14(18)19-5)10-7-8-13(9-11-16)15(2,3)4/h1,13,17H,7-12H2,2-5H3. The summed E-state index contributed by atoms with van der Waals surface area (Å²) >= 11 is 0. The molecule has 0 radical (unpaired) electrons. The molecule has 1 fully saturated rings. The van der Waals surface area contributed by atoms with Crippen LogP contribution in [0.4, 0.5) is 0 Å². The number of terminal acetylenes is 1. The summed E-state index contributed by atoms with van der Waals surface area (Å²) < 4.78 is 5.00. The first-order valence-electron chi connectivity index (χ1n) is 7.12. The van der Waals surface area contributed by atoms with E-state index in [0.29, 0.717) is 12.5 Å². The van der Waals surface area contributed by atoms with Crippen molar-refractivity contribution in [3.05, 3.63) is 0 Å². The quantitative estimate of drug-likeness (QED) is 0.484. The molecular formula is C16H27NO2. The fourth-order valence-electron chi connectivity index (χ4n) is 3.07. The minimum absolute atomic E-state index is 0.169. The van der Waals surface area contributed by atoms with Gasteiger partial charge in [0.25, 0.3) is 0 Å². The van der Waals surface area contributed by atoms with E-state index in [1.807, 2.05) is 0 Å². The average molecular weight is 265 g/mol. The first-order valence-corrected chi connectivity index (χ1v) is 7.12. The predicted octanol–water partition coefficient (Wildman–Crippen LogP) is 2.75. The molecule has 0 spiro atoms. The largest absolute Gasteiger partial charge is 0.468 e. The molecule has 2 atom stereocenters. The molecule has 0 bridgehead atoms. The second kappa shape index (κ2) is 6.43. The Morgan fingerprint density at radius 3 is 2.63 bits per heavy atom. The van der Waals surface area contributed by atoms with Crippen molar-refractivity contribution in [3.63, 3.8) is 0 Å². The van der Waals surface area contributed by atoms with E-state index in [1.54, 1.807) is 0 Å². The summed E-state index contributed by atoms with van der Waals surface area (Å²) in [5.41, 5.74) is -0.292. The van der Waals surface area contributed by atoms with E-state index < -0.39 is 5.54 Å². The van der Waals surface area contributed by atoms with Crippen LogP contribution in [-0.2, 0) is 9.53 Å². The summed E-state index contributed by atoms with van der Waals surface area (Å²) in [7, 11) is 1.45. The molecule has 0 aromatic rings. The third-order valence-electron chi connectivity index (χ3n) is 4.41. The number of ether oxygens (including phenoxy) is 1. The highest BCUT2D eigenvalue weighted by Crippen LogP contribution is 2.40. The van der Waals surface area contributed by atoms with E-state index in [2.05, 4.69) is 32.0 Å². The maximum atomic E-state index is 12.2. The lowest BCUT2D eigenvalue weighted by molar-refractivity contribution is -0.149. The maximum Gasteiger partial charge on any atom is 0.326 e. The maximum absolute atomic E-state index is 12.2. The molecule has 0 aromatic carbocycles. The van der Waals surface area contributed by atoms with Crippen molar-refractivity contribution in [1.82, 2.24) is 5.32 Å². The smallest absolute Gasteiger partial charge is 0.326 e. The summed E-state index contributed by atoms with van der Waals surface area (Å²) in [6.45, 7) is 7.24. The Morgan fingerprint density at radius 2 is 2.11 bits per heavy atom. The van der Waals surface area contributed by atoms with Gasteiger partial charge in [0.15, 0.2) is 0 Å². The number of hydrogen-bond acceptors (Lipinski definition) is 3. The number of nitrogens with one attached hydrogen (secondary N) is 1. The van der Waals surface area contributed by atoms with Gasteiger partial charge in [0.1, 0.15) is 5.54 Å². The van der Waals surface area contributed by atoms with Crippen LogP contribution in [0.1, 0.15) is 52.9 Å². The van der Waals surface area contributed by atoms with Gasteiger partial charge in [-0.25, -0.2) is 0 Å². The lowest BCUT2D eigenvalue weighted by Gasteiger charge is -2.32. The third-order valence-corrected chi connectivity index (χ3v) is 4.41. The van der Waals surface area contributed by atoms with Crippen molar-refractivity contribution < 1.29 is 9.53 Å². The summed E-state index contributed by atoms with van der Waals surface area (Å²) in [4.78, 5) is 12.2. The first-order chi connectivity index (χ1) is 8.85. The topological polar surface area (TPSA) is 38.3 Å². The Balaban J connectivity index is 2.84. The van der Waals surface area contributed by atoms with Crippen LogP contribution >= 0.6 is 0 Å². The Hall–Kier alpha value is -1.01. The zero-order chi connectivity index (χ0) is 14.5. The minimum Gasteiger partial charge on any atom is -0.468 e. The molecule has 108 valence electrons. The van der Waals surface area contributed by atoms with Gasteiger partial charge in [0, 0.05) is 0 Å². The van der Waals surface area contributed by atoms with Crippen molar-refractivity contribution >= 4 is 5.97 Å². The van der Waals surface area contributed by atoms with E-state index in [-0.39, 0.29) is 11.4 Å². The van der Waals surface area contributed by atoms with Gasteiger partial charge < -0.3 is 4.74 Å². The molecule has 3 heteroatoms. The second-order valence-corrected chi connectivity index (χ2v) is 6.63. The Labute approximate surface area is 117 Å². The number of rotatable bonds is 3. The Bertz CT molecular complexity index is 351. The van der Waals surface area contributed by atoms with Crippen LogP contribution in [0.25, 0.3) is 0 Å². The van der Waals surface area contributed by atoms with E-state index in [9.17, 15) is 4.79 Å². The van der Waals surface area contributed by atoms with Crippen LogP contribution in [0, 0.1) is 23.7 Å². The molecule has 0 aromatic heterocycles. The van der Waals surface area contributed by atoms with Gasteiger partial charge >= 0.3 is 5.97 Å². The summed E-state index contributed by atoms with van der Waals surface area (Å²) in [5, 5.41) is 3.24. The molecule has 2 unspecified atom stereocenters. The van der Waals surface area contributed by atoms with E-state index >= 15 is 0 Å². The summed E-state index contributed by atoms with van der Waals surface area (Å²) in [5.74, 6) is 3.04. The highest BCUT2D eigenvalue weighted by molar-refractivity contribution is 5.80. The Morgan fingerprint density at radius 1 is 1.42 bits per heavy atom. The zero-order valence-electron chi connectivity index (χ0n) is 12.7. The van der Waals surface area contributed by atoms with E-state index in [1.165, 1.54) is 13.5 Å². The van der Waals surface area contributed by atoms with Gasteiger partial charge in [-0.1, -0.05) is 33.1 Å². The number of hydrogen-bond donors (Lipinski definition) is 1. The second-order valence-electron chi connectivity index (χ2n) is 6.63. The predicted molar refractivity (Wildman–Crippen MR) is 77.6 cm³/mol. The highest BCUT2D eigenvalue weighted by Gasteiger charge is 2.42. The zero-order valence-corrected chi connectivity index (χ0v) is 12.7. The molecule has 0 amide bonds. The molecule has 3 nitrogen and oxygen atoms in total. The van der Waals surface area contributed by atoms with Crippen LogP contribution in [0.2, 0.25) is 0 Å². The molecule has 19 heavy (non-hydrogen) atoms. The van der Waals surface area contributed by atoms with Crippen LogP contribution in [0.3, 0.4) is 0 Å². The van der Waals surface area contributed by atoms with Gasteiger partial charge in [0.2, 0.25) is 0 Å². The molecule has 1 rings (SSSR count). The van der Waals surface area contributed by atoms with Gasteiger partial charge in [0.05, 0.1) is 13.7 Å². The third kappa shape index (κ3) is 3.98. The van der Waals surface area contributed by atoms with Crippen molar-refractivity contribution in [2.24, 2.45) is 11.3 Å². The van der Waals surface area contributed by atoms with Crippen molar-refractivity contribution in [1.29, 1.82) is 0 Å². The number of methoxy groups -OCH3 is 1. The number of esters is 1. The minimum atomic E-state index is -0.582. The molecule has 0 aliphatic heterocycles.